The number of rotatable bonds is 4. The van der Waals surface area contributed by atoms with Crippen molar-refractivity contribution < 1.29 is 8.76 Å². The van der Waals surface area contributed by atoms with Gasteiger partial charge in [0, 0.05) is 17.6 Å². The molecule has 8 heteroatoms. The molecule has 19 heavy (non-hydrogen) atoms. The van der Waals surface area contributed by atoms with Crippen LogP contribution in [0.5, 0.6) is 0 Å². The maximum atomic E-state index is 10.6. The standard InChI is InChI=1S/C11H17ClN4O2S/c1-11(2,3)9-8(12)10-14-13-7(16(10)15-9)5-4-6-19(17)18/h15H,4-6H2,1-3H3,(H,17,18). The zero-order chi connectivity index (χ0) is 14.2. The number of nitrogens with zero attached hydrogens (tertiary/aromatic N) is 3. The average Bonchev–Trinajstić information content (AvgIpc) is 2.79. The third kappa shape index (κ3) is 2.98. The van der Waals surface area contributed by atoms with Gasteiger partial charge in [-0.05, 0) is 6.42 Å². The summed E-state index contributed by atoms with van der Waals surface area (Å²) in [5, 5.41) is 11.9. The van der Waals surface area contributed by atoms with Gasteiger partial charge in [0.15, 0.2) is 22.6 Å². The molecule has 1 unspecified atom stereocenters. The van der Waals surface area contributed by atoms with Gasteiger partial charge in [0.1, 0.15) is 5.02 Å². The van der Waals surface area contributed by atoms with Gasteiger partial charge in [-0.15, -0.1) is 10.2 Å². The van der Waals surface area contributed by atoms with Crippen LogP contribution in [0.1, 0.15) is 38.7 Å². The van der Waals surface area contributed by atoms with Crippen molar-refractivity contribution in [3.8, 4) is 0 Å². The highest BCUT2D eigenvalue weighted by Crippen LogP contribution is 2.31. The molecule has 0 aliphatic heterocycles. The molecule has 2 aromatic rings. The van der Waals surface area contributed by atoms with Gasteiger partial charge >= 0.3 is 0 Å². The summed E-state index contributed by atoms with van der Waals surface area (Å²) >= 11 is 4.53. The molecule has 0 fully saturated rings. The molecule has 0 saturated carbocycles. The Labute approximate surface area is 118 Å². The number of nitrogens with one attached hydrogen (secondary N) is 1. The molecule has 0 aliphatic rings. The number of halogens is 1. The first kappa shape index (κ1) is 14.5. The van der Waals surface area contributed by atoms with Crippen LogP contribution >= 0.6 is 11.6 Å². The molecule has 0 aromatic carbocycles. The first-order valence-corrected chi connectivity index (χ1v) is 7.65. The summed E-state index contributed by atoms with van der Waals surface area (Å²) in [6.45, 7) is 6.19. The van der Waals surface area contributed by atoms with Gasteiger partial charge in [0.2, 0.25) is 0 Å². The number of aryl methyl sites for hydroxylation is 1. The smallest absolute Gasteiger partial charge is 0.196 e. The van der Waals surface area contributed by atoms with E-state index in [1.807, 2.05) is 0 Å². The van der Waals surface area contributed by atoms with E-state index in [-0.39, 0.29) is 11.2 Å². The van der Waals surface area contributed by atoms with Crippen LogP contribution in [0.3, 0.4) is 0 Å². The van der Waals surface area contributed by atoms with Gasteiger partial charge < -0.3 is 4.55 Å². The topological polar surface area (TPSA) is 83.3 Å². The molecule has 6 nitrogen and oxygen atoms in total. The predicted molar refractivity (Wildman–Crippen MR) is 75.0 cm³/mol. The maximum Gasteiger partial charge on any atom is 0.196 e. The number of hydrogen-bond acceptors (Lipinski definition) is 3. The molecule has 2 heterocycles. The average molecular weight is 305 g/mol. The second-order valence-corrected chi connectivity index (χ2v) is 6.88. The van der Waals surface area contributed by atoms with E-state index < -0.39 is 11.1 Å². The summed E-state index contributed by atoms with van der Waals surface area (Å²) < 4.78 is 21.1. The molecule has 106 valence electrons. The van der Waals surface area contributed by atoms with Gasteiger partial charge in [-0.2, -0.15) is 0 Å². The van der Waals surface area contributed by atoms with Gasteiger partial charge in [-0.1, -0.05) is 32.4 Å². The molecule has 0 bridgehead atoms. The number of H-pyrrole nitrogens is 1. The molecule has 2 aromatic heterocycles. The van der Waals surface area contributed by atoms with E-state index in [0.717, 1.165) is 11.5 Å². The van der Waals surface area contributed by atoms with Crippen LogP contribution in [0.4, 0.5) is 0 Å². The van der Waals surface area contributed by atoms with E-state index in [2.05, 4.69) is 36.1 Å². The van der Waals surface area contributed by atoms with Gasteiger partial charge in [-0.3, -0.25) is 5.10 Å². The second kappa shape index (κ2) is 5.22. The van der Waals surface area contributed by atoms with E-state index in [1.54, 1.807) is 4.52 Å². The van der Waals surface area contributed by atoms with Crippen LogP contribution < -0.4 is 0 Å². The lowest BCUT2D eigenvalue weighted by molar-refractivity contribution is 0.557. The van der Waals surface area contributed by atoms with Crippen molar-refractivity contribution in [1.29, 1.82) is 0 Å². The van der Waals surface area contributed by atoms with E-state index in [1.165, 1.54) is 0 Å². The first-order valence-electron chi connectivity index (χ1n) is 6.00. The molecular weight excluding hydrogens is 288 g/mol. The van der Waals surface area contributed by atoms with Gasteiger partial charge in [0.25, 0.3) is 0 Å². The van der Waals surface area contributed by atoms with Crippen molar-refractivity contribution in [2.45, 2.75) is 39.0 Å². The fraction of sp³-hybridized carbons (Fsp3) is 0.636. The Morgan fingerprint density at radius 3 is 2.68 bits per heavy atom. The van der Waals surface area contributed by atoms with Crippen molar-refractivity contribution >= 4 is 28.3 Å². The number of aromatic nitrogens is 4. The Balaban J connectivity index is 2.30. The molecule has 0 aliphatic carbocycles. The van der Waals surface area contributed by atoms with Crippen LogP contribution in [-0.4, -0.2) is 34.3 Å². The molecule has 0 radical (unpaired) electrons. The Hall–Kier alpha value is -0.920. The summed E-state index contributed by atoms with van der Waals surface area (Å²) in [6.07, 6.45) is 1.15. The molecule has 0 spiro atoms. The highest BCUT2D eigenvalue weighted by Gasteiger charge is 2.24. The fourth-order valence-corrected chi connectivity index (χ4v) is 2.70. The minimum absolute atomic E-state index is 0.109. The molecule has 0 amide bonds. The number of hydrogen-bond donors (Lipinski definition) is 2. The Morgan fingerprint density at radius 1 is 1.42 bits per heavy atom. The molecule has 2 N–H and O–H groups in total. The number of fused-ring (bicyclic) bond motifs is 1. The Kier molecular flexibility index (Phi) is 3.98. The van der Waals surface area contributed by atoms with E-state index >= 15 is 0 Å². The van der Waals surface area contributed by atoms with Crippen molar-refractivity contribution in [3.05, 3.63) is 16.5 Å². The van der Waals surface area contributed by atoms with E-state index in [4.69, 9.17) is 16.2 Å². The monoisotopic (exact) mass is 304 g/mol. The minimum atomic E-state index is -1.77. The molecule has 0 saturated heterocycles. The number of aromatic amines is 1. The summed E-state index contributed by atoms with van der Waals surface area (Å²) in [5.74, 6) is 0.952. The normalized spacial score (nSPS) is 14.2. The van der Waals surface area contributed by atoms with E-state index in [0.29, 0.717) is 23.5 Å². The minimum Gasteiger partial charge on any atom is -0.306 e. The zero-order valence-corrected chi connectivity index (χ0v) is 12.7. The van der Waals surface area contributed by atoms with Crippen LogP contribution in [0.25, 0.3) is 5.65 Å². The molecule has 2 rings (SSSR count). The summed E-state index contributed by atoms with van der Waals surface area (Å²) in [7, 11) is 0. The summed E-state index contributed by atoms with van der Waals surface area (Å²) in [5.41, 5.74) is 1.40. The van der Waals surface area contributed by atoms with Crippen molar-refractivity contribution in [3.63, 3.8) is 0 Å². The lowest BCUT2D eigenvalue weighted by Gasteiger charge is -2.16. The fourth-order valence-electron chi connectivity index (χ4n) is 1.86. The lowest BCUT2D eigenvalue weighted by atomic mass is 9.92. The highest BCUT2D eigenvalue weighted by molar-refractivity contribution is 7.79. The predicted octanol–water partition coefficient (Wildman–Crippen LogP) is 2.16. The maximum absolute atomic E-state index is 10.6. The van der Waals surface area contributed by atoms with Crippen molar-refractivity contribution in [1.82, 2.24) is 19.8 Å². The Bertz CT molecular complexity index is 614. The van der Waals surface area contributed by atoms with Crippen LogP contribution in [-0.2, 0) is 22.9 Å². The largest absolute Gasteiger partial charge is 0.306 e. The van der Waals surface area contributed by atoms with E-state index in [9.17, 15) is 4.21 Å². The van der Waals surface area contributed by atoms with Gasteiger partial charge in [0.05, 0.1) is 5.69 Å². The summed E-state index contributed by atoms with van der Waals surface area (Å²) in [4.78, 5) is 0. The molecular formula is C11H17ClN4O2S. The van der Waals surface area contributed by atoms with Crippen LogP contribution in [0, 0.1) is 0 Å². The highest BCUT2D eigenvalue weighted by atomic mass is 35.5. The Morgan fingerprint density at radius 2 is 2.11 bits per heavy atom. The SMILES string of the molecule is CC(C)(C)c1[nH]n2c(CCCS(=O)O)nnc2c1Cl. The van der Waals surface area contributed by atoms with Crippen molar-refractivity contribution in [2.24, 2.45) is 0 Å². The molecule has 1 atom stereocenters. The third-order valence-corrected chi connectivity index (χ3v) is 3.83. The van der Waals surface area contributed by atoms with Crippen LogP contribution in [0.15, 0.2) is 0 Å². The quantitative estimate of drug-likeness (QED) is 0.848. The summed E-state index contributed by atoms with van der Waals surface area (Å²) in [6, 6.07) is 0. The van der Waals surface area contributed by atoms with Crippen LogP contribution in [0.2, 0.25) is 5.02 Å². The second-order valence-electron chi connectivity index (χ2n) is 5.46. The van der Waals surface area contributed by atoms with Gasteiger partial charge in [-0.25, -0.2) is 8.72 Å². The lowest BCUT2D eigenvalue weighted by Crippen LogP contribution is -2.13. The van der Waals surface area contributed by atoms with Crippen molar-refractivity contribution in [2.75, 3.05) is 5.75 Å². The third-order valence-electron chi connectivity index (χ3n) is 2.84. The first-order chi connectivity index (χ1) is 8.80. The zero-order valence-electron chi connectivity index (χ0n) is 11.1.